The number of β-amino-alcohol motifs (C(OH)–C–C–N with tert-alkyl or cyclic N) is 1. The highest BCUT2D eigenvalue weighted by Gasteiger charge is 2.64. The van der Waals surface area contributed by atoms with Gasteiger partial charge in [0.05, 0.1) is 23.0 Å². The van der Waals surface area contributed by atoms with Crippen LogP contribution in [0.5, 0.6) is 0 Å². The highest BCUT2D eigenvalue weighted by Crippen LogP contribution is 2.66. The van der Waals surface area contributed by atoms with Gasteiger partial charge >= 0.3 is 0 Å². The summed E-state index contributed by atoms with van der Waals surface area (Å²) in [6.45, 7) is 3.02. The normalized spacial score (nSPS) is 41.3. The summed E-state index contributed by atoms with van der Waals surface area (Å²) in [5.74, 6) is 2.34. The molecule has 0 aromatic carbocycles. The number of ether oxygens (including phenoxy) is 1. The summed E-state index contributed by atoms with van der Waals surface area (Å²) in [4.78, 5) is 65.4. The third kappa shape index (κ3) is 7.36. The second kappa shape index (κ2) is 15.6. The van der Waals surface area contributed by atoms with Gasteiger partial charge in [-0.05, 0) is 100 Å². The van der Waals surface area contributed by atoms with E-state index in [0.29, 0.717) is 49.7 Å². The van der Waals surface area contributed by atoms with Crippen molar-refractivity contribution < 1.29 is 29.0 Å². The number of carbonyl (C=O) groups excluding carboxylic acids is 4. The summed E-state index contributed by atoms with van der Waals surface area (Å²) in [5.41, 5.74) is -1.19. The largest absolute Gasteiger partial charge is 0.391 e. The smallest absolute Gasteiger partial charge is 0.245 e. The van der Waals surface area contributed by atoms with E-state index in [1.54, 1.807) is 9.80 Å². The Morgan fingerprint density at radius 3 is 2.19 bits per heavy atom. The minimum Gasteiger partial charge on any atom is -0.391 e. The summed E-state index contributed by atoms with van der Waals surface area (Å²) in [7, 11) is 5.46. The molecule has 0 aromatic rings. The highest BCUT2D eigenvalue weighted by atomic mass is 16.5. The highest BCUT2D eigenvalue weighted by molar-refractivity contribution is 5.95. The van der Waals surface area contributed by atoms with E-state index in [1.807, 2.05) is 26.1 Å². The number of fused-ring (bicyclic) bond motifs is 1. The van der Waals surface area contributed by atoms with E-state index in [1.165, 1.54) is 44.9 Å². The number of amides is 4. The van der Waals surface area contributed by atoms with Crippen LogP contribution in [-0.2, 0) is 23.9 Å². The number of piperazine rings is 1. The van der Waals surface area contributed by atoms with Crippen molar-refractivity contribution in [3.63, 3.8) is 0 Å². The standard InChI is InChI=1S/C43H69N5O6/c1-45(2)40(52)42-22-29-18-30(23-42)25-43(24-29,27-42)41(53)48-26-33(49)21-36(48)38(50)44-34(20-28-12-13-31-8-4-5-9-32(31)19-28)39(51)47-16-14-46(15-17-47)35-10-6-7-11-37(35)54-3/h28-37,49H,4-27H2,1-3H3,(H,44,50)/t28?,29?,30?,31?,32?,33-,34?,35?,36?,37?,42?,43?/m1/s1. The average molecular weight is 752 g/mol. The first kappa shape index (κ1) is 38.6. The fraction of sp³-hybridized carbons (Fsp3) is 0.907. The van der Waals surface area contributed by atoms with E-state index in [9.17, 15) is 24.3 Å². The van der Waals surface area contributed by atoms with Crippen LogP contribution in [-0.4, -0.2) is 133 Å². The van der Waals surface area contributed by atoms with Crippen LogP contribution in [0.3, 0.4) is 0 Å². The molecule has 9 aliphatic rings. The van der Waals surface area contributed by atoms with Gasteiger partial charge in [0.2, 0.25) is 23.6 Å². The Bertz CT molecular complexity index is 1400. The van der Waals surface area contributed by atoms with Crippen molar-refractivity contribution in [2.24, 2.45) is 40.4 Å². The van der Waals surface area contributed by atoms with Crippen LogP contribution in [0, 0.1) is 40.4 Å². The molecule has 2 N–H and O–H groups in total. The van der Waals surface area contributed by atoms with Gasteiger partial charge in [-0.2, -0.15) is 0 Å². The maximum absolute atomic E-state index is 14.8. The van der Waals surface area contributed by atoms with Gasteiger partial charge in [-0.25, -0.2) is 0 Å². The van der Waals surface area contributed by atoms with Crippen molar-refractivity contribution in [2.75, 3.05) is 53.9 Å². The fourth-order valence-corrected chi connectivity index (χ4v) is 14.1. The lowest BCUT2D eigenvalue weighted by Crippen LogP contribution is -2.63. The quantitative estimate of drug-likeness (QED) is 0.362. The first-order valence-corrected chi connectivity index (χ1v) is 22.0. The zero-order valence-corrected chi connectivity index (χ0v) is 33.5. The average Bonchev–Trinajstić information content (AvgIpc) is 3.57. The zero-order chi connectivity index (χ0) is 37.8. The Labute approximate surface area is 323 Å². The van der Waals surface area contributed by atoms with Crippen molar-refractivity contribution in [1.29, 1.82) is 0 Å². The Kier molecular flexibility index (Phi) is 11.2. The molecule has 0 radical (unpaired) electrons. The molecule has 302 valence electrons. The number of aliphatic hydroxyl groups is 1. The molecular formula is C43H69N5O6. The van der Waals surface area contributed by atoms with Crippen molar-refractivity contribution in [2.45, 2.75) is 152 Å². The molecule has 0 aromatic heterocycles. The molecule has 0 spiro atoms. The minimum atomic E-state index is -0.820. The second-order valence-corrected chi connectivity index (χ2v) is 19.9. The predicted octanol–water partition coefficient (Wildman–Crippen LogP) is 4.21. The van der Waals surface area contributed by atoms with Gasteiger partial charge < -0.3 is 29.9 Å². The monoisotopic (exact) mass is 752 g/mol. The number of methoxy groups -OCH3 is 1. The van der Waals surface area contributed by atoms with Crippen LogP contribution in [0.1, 0.15) is 122 Å². The molecule has 7 saturated carbocycles. The molecule has 10 atom stereocenters. The van der Waals surface area contributed by atoms with Gasteiger partial charge in [-0.15, -0.1) is 0 Å². The van der Waals surface area contributed by atoms with Crippen LogP contribution >= 0.6 is 0 Å². The van der Waals surface area contributed by atoms with Gasteiger partial charge in [0, 0.05) is 66.4 Å². The van der Waals surface area contributed by atoms with Crippen molar-refractivity contribution >= 4 is 23.6 Å². The van der Waals surface area contributed by atoms with Crippen LogP contribution in [0.15, 0.2) is 0 Å². The predicted molar refractivity (Wildman–Crippen MR) is 205 cm³/mol. The number of nitrogens with zero attached hydrogens (tertiary/aromatic N) is 4. The molecular weight excluding hydrogens is 683 g/mol. The first-order valence-electron chi connectivity index (χ1n) is 22.0. The summed E-state index contributed by atoms with van der Waals surface area (Å²) >= 11 is 0. The van der Waals surface area contributed by atoms with E-state index in [4.69, 9.17) is 4.74 Å². The lowest BCUT2D eigenvalue weighted by Gasteiger charge is -2.61. The molecule has 11 heteroatoms. The third-order valence-electron chi connectivity index (χ3n) is 16.1. The molecule has 9 fully saturated rings. The van der Waals surface area contributed by atoms with Gasteiger partial charge in [0.1, 0.15) is 12.1 Å². The van der Waals surface area contributed by atoms with Crippen molar-refractivity contribution in [1.82, 2.24) is 24.9 Å². The summed E-state index contributed by atoms with van der Waals surface area (Å²) in [6, 6.07) is -1.07. The maximum Gasteiger partial charge on any atom is 0.245 e. The van der Waals surface area contributed by atoms with Crippen molar-refractivity contribution in [3.8, 4) is 0 Å². The number of hydrogen-bond donors (Lipinski definition) is 2. The Morgan fingerprint density at radius 1 is 0.815 bits per heavy atom. The number of carbonyl (C=O) groups is 4. The molecule has 4 bridgehead atoms. The molecule has 2 aliphatic heterocycles. The molecule has 9 rings (SSSR count). The SMILES string of the molecule is COC1CCCCC1N1CCN(C(=O)C(CC2CCC3CCCCC3C2)NC(=O)C2C[C@@H](O)CN2C(=O)C23CC4CC(CC(C(=O)N(C)C)(C4)C2)C3)CC1. The third-order valence-corrected chi connectivity index (χ3v) is 16.1. The van der Waals surface area contributed by atoms with Gasteiger partial charge in [-0.1, -0.05) is 44.9 Å². The summed E-state index contributed by atoms with van der Waals surface area (Å²) < 4.78 is 5.88. The fourth-order valence-electron chi connectivity index (χ4n) is 14.1. The summed E-state index contributed by atoms with van der Waals surface area (Å²) in [6.07, 6.45) is 18.4. The number of hydrogen-bond acceptors (Lipinski definition) is 7. The maximum atomic E-state index is 14.8. The van der Waals surface area contributed by atoms with Crippen LogP contribution in [0.4, 0.5) is 0 Å². The molecule has 4 amide bonds. The van der Waals surface area contributed by atoms with Crippen LogP contribution in [0.2, 0.25) is 0 Å². The van der Waals surface area contributed by atoms with E-state index < -0.39 is 29.0 Å². The zero-order valence-electron chi connectivity index (χ0n) is 33.5. The molecule has 2 saturated heterocycles. The Balaban J connectivity index is 0.982. The number of likely N-dealkylation sites (tertiary alicyclic amines) is 1. The number of nitrogens with one attached hydrogen (secondary N) is 1. The van der Waals surface area contributed by atoms with Gasteiger partial charge in [0.15, 0.2) is 0 Å². The number of aliphatic hydroxyl groups excluding tert-OH is 1. The summed E-state index contributed by atoms with van der Waals surface area (Å²) in [5, 5.41) is 14.3. The van der Waals surface area contributed by atoms with E-state index in [0.717, 1.165) is 82.7 Å². The van der Waals surface area contributed by atoms with E-state index in [2.05, 4.69) is 10.2 Å². The molecule has 7 aliphatic carbocycles. The Hall–Kier alpha value is -2.24. The van der Waals surface area contributed by atoms with Crippen LogP contribution < -0.4 is 5.32 Å². The van der Waals surface area contributed by atoms with Gasteiger partial charge in [-0.3, -0.25) is 24.1 Å². The molecule has 11 nitrogen and oxygen atoms in total. The topological polar surface area (TPSA) is 123 Å². The van der Waals surface area contributed by atoms with E-state index >= 15 is 0 Å². The van der Waals surface area contributed by atoms with Gasteiger partial charge in [0.25, 0.3) is 0 Å². The minimum absolute atomic E-state index is 0.00218. The lowest BCUT2D eigenvalue weighted by molar-refractivity contribution is -0.179. The molecule has 54 heavy (non-hydrogen) atoms. The lowest BCUT2D eigenvalue weighted by atomic mass is 9.43. The van der Waals surface area contributed by atoms with Crippen molar-refractivity contribution in [3.05, 3.63) is 0 Å². The Morgan fingerprint density at radius 2 is 1.48 bits per heavy atom. The van der Waals surface area contributed by atoms with E-state index in [-0.39, 0.29) is 42.7 Å². The molecule has 2 heterocycles. The second-order valence-electron chi connectivity index (χ2n) is 19.9. The number of rotatable bonds is 9. The molecule has 9 unspecified atom stereocenters. The van der Waals surface area contributed by atoms with Crippen LogP contribution in [0.25, 0.3) is 0 Å². The first-order chi connectivity index (χ1) is 26.0.